The van der Waals surface area contributed by atoms with Crippen LogP contribution in [0.15, 0.2) is 206 Å². The van der Waals surface area contributed by atoms with Gasteiger partial charge < -0.3 is 23.9 Å². The standard InChI is InChI=1S/C55H55O7P3/c56-54(57)52(64(61,39-46-23-11-3-12-24-46)40-47-25-13-4-14-26-47)51(53(55(58)59)65(62,41-48-27-15-5-16-28-48)42-49-29-17-6-18-30-49)35-43-31-33-50(34-32-43)38-63(60,36-44-19-7-1-8-20-44)37-45-21-9-2-10-22-45/h1-34,51-53H,35-42H2,(H,56,57)(H,58,59). The average molecular weight is 921 g/mol. The van der Waals surface area contributed by atoms with E-state index >= 15 is 9.13 Å². The van der Waals surface area contributed by atoms with Gasteiger partial charge in [0, 0.05) is 49.1 Å². The molecule has 7 aromatic rings. The van der Waals surface area contributed by atoms with Crippen LogP contribution in [0.2, 0.25) is 0 Å². The molecule has 0 saturated heterocycles. The largest absolute Gasteiger partial charge is 0.481 e. The molecule has 0 aliphatic heterocycles. The van der Waals surface area contributed by atoms with Crippen molar-refractivity contribution in [2.45, 2.75) is 60.9 Å². The summed E-state index contributed by atoms with van der Waals surface area (Å²) < 4.78 is 47.2. The highest BCUT2D eigenvalue weighted by molar-refractivity contribution is 7.65. The smallest absolute Gasteiger partial charge is 0.314 e. The fourth-order valence-electron chi connectivity index (χ4n) is 9.32. The minimum atomic E-state index is -3.98. The van der Waals surface area contributed by atoms with Crippen molar-refractivity contribution in [1.82, 2.24) is 0 Å². The normalized spacial score (nSPS) is 13.4. The summed E-state index contributed by atoms with van der Waals surface area (Å²) in [4.78, 5) is 28.3. The molecule has 0 fully saturated rings. The summed E-state index contributed by atoms with van der Waals surface area (Å²) in [5.74, 6) is -4.14. The van der Waals surface area contributed by atoms with Gasteiger partial charge in [0.1, 0.15) is 32.7 Å². The summed E-state index contributed by atoms with van der Waals surface area (Å²) >= 11 is 0. The first kappa shape index (κ1) is 47.1. The summed E-state index contributed by atoms with van der Waals surface area (Å²) in [7, 11) is -10.8. The van der Waals surface area contributed by atoms with E-state index in [1.165, 1.54) is 0 Å². The Hall–Kier alpha value is -5.83. The summed E-state index contributed by atoms with van der Waals surface area (Å²) in [6.45, 7) is 0. The van der Waals surface area contributed by atoms with Crippen LogP contribution >= 0.6 is 21.4 Å². The van der Waals surface area contributed by atoms with Crippen molar-refractivity contribution in [2.24, 2.45) is 5.92 Å². The number of hydrogen-bond acceptors (Lipinski definition) is 5. The number of benzene rings is 7. The first-order valence-corrected chi connectivity index (χ1v) is 28.5. The van der Waals surface area contributed by atoms with Crippen LogP contribution in [0.5, 0.6) is 0 Å². The van der Waals surface area contributed by atoms with E-state index in [-0.39, 0.29) is 31.1 Å². The minimum Gasteiger partial charge on any atom is -0.481 e. The zero-order valence-corrected chi connectivity index (χ0v) is 39.0. The second-order valence-electron chi connectivity index (χ2n) is 17.2. The SMILES string of the molecule is O=C(O)C(C(Cc1ccc(CP(=O)(Cc2ccccc2)Cc2ccccc2)cc1)C(C(=O)O)P(=O)(Cc1ccccc1)Cc1ccccc1)P(=O)(Cc1ccccc1)Cc1ccccc1. The van der Waals surface area contributed by atoms with E-state index in [1.807, 2.05) is 206 Å². The van der Waals surface area contributed by atoms with Crippen LogP contribution in [0.1, 0.15) is 44.5 Å². The Morgan fingerprint density at radius 1 is 0.323 bits per heavy atom. The van der Waals surface area contributed by atoms with Gasteiger partial charge in [-0.1, -0.05) is 206 Å². The maximum absolute atomic E-state index is 16.1. The maximum Gasteiger partial charge on any atom is 0.314 e. The molecule has 0 bridgehead atoms. The molecular formula is C55H55O7P3. The van der Waals surface area contributed by atoms with Crippen molar-refractivity contribution >= 4 is 33.4 Å². The third kappa shape index (κ3) is 12.9. The number of aliphatic carboxylic acids is 2. The molecular weight excluding hydrogens is 866 g/mol. The van der Waals surface area contributed by atoms with E-state index in [1.54, 1.807) is 0 Å². The van der Waals surface area contributed by atoms with Gasteiger partial charge in [-0.2, -0.15) is 0 Å². The molecule has 332 valence electrons. The second-order valence-corrected chi connectivity index (χ2v) is 26.5. The number of carboxylic acid groups (broad SMARTS) is 2. The monoisotopic (exact) mass is 920 g/mol. The van der Waals surface area contributed by atoms with Gasteiger partial charge in [-0.3, -0.25) is 9.59 Å². The summed E-state index contributed by atoms with van der Waals surface area (Å²) in [5, 5.41) is 23.0. The van der Waals surface area contributed by atoms with E-state index in [9.17, 15) is 24.4 Å². The van der Waals surface area contributed by atoms with E-state index in [4.69, 9.17) is 0 Å². The Kier molecular flexibility index (Phi) is 15.9. The van der Waals surface area contributed by atoms with Crippen molar-refractivity contribution in [3.63, 3.8) is 0 Å². The maximum atomic E-state index is 16.1. The van der Waals surface area contributed by atoms with E-state index < -0.39 is 50.6 Å². The first-order chi connectivity index (χ1) is 31.4. The van der Waals surface area contributed by atoms with Crippen LogP contribution in [0.25, 0.3) is 0 Å². The Balaban J connectivity index is 1.34. The molecule has 0 aliphatic carbocycles. The van der Waals surface area contributed by atoms with Gasteiger partial charge in [-0.15, -0.1) is 0 Å². The molecule has 0 aromatic heterocycles. The third-order valence-corrected chi connectivity index (χ3v) is 21.8. The zero-order chi connectivity index (χ0) is 45.7. The van der Waals surface area contributed by atoms with Crippen LogP contribution < -0.4 is 0 Å². The van der Waals surface area contributed by atoms with Gasteiger partial charge in [-0.05, 0) is 50.9 Å². The number of carbonyl (C=O) groups is 2. The Labute approximate surface area is 382 Å². The van der Waals surface area contributed by atoms with Crippen molar-refractivity contribution in [1.29, 1.82) is 0 Å². The molecule has 10 heteroatoms. The number of carboxylic acids is 2. The van der Waals surface area contributed by atoms with Crippen molar-refractivity contribution in [3.8, 4) is 0 Å². The quantitative estimate of drug-likeness (QED) is 0.0648. The molecule has 0 saturated carbocycles. The van der Waals surface area contributed by atoms with Gasteiger partial charge >= 0.3 is 11.9 Å². The fraction of sp³-hybridized carbons (Fsp3) is 0.200. The average Bonchev–Trinajstić information content (AvgIpc) is 3.28. The molecule has 0 radical (unpaired) electrons. The van der Waals surface area contributed by atoms with Crippen molar-refractivity contribution < 1.29 is 33.5 Å². The molecule has 0 heterocycles. The molecule has 2 N–H and O–H groups in total. The molecule has 0 aliphatic rings. The summed E-state index contributed by atoms with van der Waals surface area (Å²) in [6.07, 6.45) is 0.613. The number of hydrogen-bond donors (Lipinski definition) is 2. The number of rotatable bonds is 22. The lowest BCUT2D eigenvalue weighted by Gasteiger charge is -2.38. The predicted molar refractivity (Wildman–Crippen MR) is 264 cm³/mol. The highest BCUT2D eigenvalue weighted by atomic mass is 31.2. The van der Waals surface area contributed by atoms with Gasteiger partial charge in [0.05, 0.1) is 0 Å². The Morgan fingerprint density at radius 2 is 0.538 bits per heavy atom. The fourth-order valence-corrected chi connectivity index (χ4v) is 19.5. The van der Waals surface area contributed by atoms with E-state index in [0.29, 0.717) is 46.3 Å². The molecule has 7 rings (SSSR count). The predicted octanol–water partition coefficient (Wildman–Crippen LogP) is 13.5. The van der Waals surface area contributed by atoms with Crippen LogP contribution in [-0.4, -0.2) is 33.5 Å². The van der Waals surface area contributed by atoms with Crippen molar-refractivity contribution in [3.05, 3.63) is 251 Å². The molecule has 0 amide bonds. The highest BCUT2D eigenvalue weighted by Gasteiger charge is 2.53. The lowest BCUT2D eigenvalue weighted by atomic mass is 9.91. The van der Waals surface area contributed by atoms with Crippen molar-refractivity contribution in [2.75, 3.05) is 0 Å². The molecule has 0 spiro atoms. The van der Waals surface area contributed by atoms with Gasteiger partial charge in [0.2, 0.25) is 0 Å². The molecule has 2 unspecified atom stereocenters. The van der Waals surface area contributed by atoms with Crippen LogP contribution in [-0.2, 0) is 72.8 Å². The molecule has 7 nitrogen and oxygen atoms in total. The minimum absolute atomic E-state index is 0.0960. The van der Waals surface area contributed by atoms with Crippen LogP contribution in [0.3, 0.4) is 0 Å². The van der Waals surface area contributed by atoms with E-state index in [2.05, 4.69) is 0 Å². The molecule has 65 heavy (non-hydrogen) atoms. The molecule has 7 aromatic carbocycles. The lowest BCUT2D eigenvalue weighted by Crippen LogP contribution is -2.43. The van der Waals surface area contributed by atoms with Crippen LogP contribution in [0, 0.1) is 5.92 Å². The summed E-state index contributed by atoms with van der Waals surface area (Å²) in [6, 6.07) is 63.3. The Morgan fingerprint density at radius 3 is 0.785 bits per heavy atom. The first-order valence-electron chi connectivity index (χ1n) is 21.9. The molecule has 2 atom stereocenters. The van der Waals surface area contributed by atoms with Crippen LogP contribution in [0.4, 0.5) is 0 Å². The topological polar surface area (TPSA) is 126 Å². The van der Waals surface area contributed by atoms with Gasteiger partial charge in [-0.25, -0.2) is 0 Å². The lowest BCUT2D eigenvalue weighted by molar-refractivity contribution is -0.139. The van der Waals surface area contributed by atoms with Gasteiger partial charge in [0.25, 0.3) is 0 Å². The second kappa shape index (κ2) is 21.9. The summed E-state index contributed by atoms with van der Waals surface area (Å²) in [5.41, 5.74) is 2.67. The highest BCUT2D eigenvalue weighted by Crippen LogP contribution is 2.66. The van der Waals surface area contributed by atoms with Gasteiger partial charge in [0.15, 0.2) is 0 Å². The van der Waals surface area contributed by atoms with E-state index in [0.717, 1.165) is 16.7 Å². The Bertz CT molecular complexity index is 2500. The third-order valence-electron chi connectivity index (χ3n) is 12.1. The zero-order valence-electron chi connectivity index (χ0n) is 36.3.